The minimum Gasteiger partial charge on any atom is -0.396 e. The third kappa shape index (κ3) is 6.15. The molecule has 144 valence electrons. The lowest BCUT2D eigenvalue weighted by Gasteiger charge is -2.22. The monoisotopic (exact) mass is 398 g/mol. The SMILES string of the molecule is C/C(=C(\CCO)SSC[C@@H]1CCCO1)N(C=O)Cc1cnc(C)nc1N. The van der Waals surface area contributed by atoms with Crippen molar-refractivity contribution < 1.29 is 14.6 Å². The molecule has 0 spiro atoms. The summed E-state index contributed by atoms with van der Waals surface area (Å²) in [6.07, 6.45) is 5.43. The first kappa shape index (κ1) is 21.0. The van der Waals surface area contributed by atoms with Crippen molar-refractivity contribution >= 4 is 33.8 Å². The van der Waals surface area contributed by atoms with E-state index in [1.165, 1.54) is 0 Å². The van der Waals surface area contributed by atoms with Crippen LogP contribution in [0.1, 0.15) is 37.6 Å². The van der Waals surface area contributed by atoms with Gasteiger partial charge in [-0.3, -0.25) is 4.79 Å². The van der Waals surface area contributed by atoms with Gasteiger partial charge in [0.05, 0.1) is 12.6 Å². The highest BCUT2D eigenvalue weighted by Gasteiger charge is 2.18. The zero-order valence-corrected chi connectivity index (χ0v) is 16.8. The average molecular weight is 399 g/mol. The molecule has 2 rings (SSSR count). The van der Waals surface area contributed by atoms with Gasteiger partial charge in [-0.1, -0.05) is 21.6 Å². The van der Waals surface area contributed by atoms with E-state index in [2.05, 4.69) is 9.97 Å². The van der Waals surface area contributed by atoms with Crippen LogP contribution in [0.5, 0.6) is 0 Å². The number of hydrogen-bond acceptors (Lipinski definition) is 8. The Morgan fingerprint density at radius 2 is 2.38 bits per heavy atom. The second-order valence-electron chi connectivity index (χ2n) is 6.05. The lowest BCUT2D eigenvalue weighted by Crippen LogP contribution is -2.22. The number of aliphatic hydroxyl groups is 1. The number of aryl methyl sites for hydroxylation is 1. The molecule has 0 bridgehead atoms. The van der Waals surface area contributed by atoms with E-state index in [9.17, 15) is 9.90 Å². The first-order valence-corrected chi connectivity index (χ1v) is 10.9. The Balaban J connectivity index is 2.05. The summed E-state index contributed by atoms with van der Waals surface area (Å²) in [7, 11) is 3.29. The van der Waals surface area contributed by atoms with Crippen LogP contribution in [-0.4, -0.2) is 51.5 Å². The highest BCUT2D eigenvalue weighted by atomic mass is 33.1. The second-order valence-corrected chi connectivity index (χ2v) is 8.48. The number of rotatable bonds is 10. The summed E-state index contributed by atoms with van der Waals surface area (Å²) in [5.41, 5.74) is 7.44. The molecule has 1 amide bonds. The van der Waals surface area contributed by atoms with Gasteiger partial charge in [0.25, 0.3) is 0 Å². The van der Waals surface area contributed by atoms with E-state index in [1.807, 2.05) is 6.92 Å². The molecule has 1 aromatic heterocycles. The second kappa shape index (κ2) is 10.8. The van der Waals surface area contributed by atoms with Crippen molar-refractivity contribution in [3.8, 4) is 0 Å². The Labute approximate surface area is 162 Å². The van der Waals surface area contributed by atoms with E-state index in [1.54, 1.807) is 39.6 Å². The quantitative estimate of drug-likeness (QED) is 0.458. The molecule has 0 aromatic carbocycles. The number of amides is 1. The first-order valence-electron chi connectivity index (χ1n) is 8.56. The van der Waals surface area contributed by atoms with Crippen molar-refractivity contribution in [2.24, 2.45) is 0 Å². The van der Waals surface area contributed by atoms with Gasteiger partial charge in [0.15, 0.2) is 0 Å². The Hall–Kier alpha value is -1.29. The van der Waals surface area contributed by atoms with Gasteiger partial charge in [0.2, 0.25) is 6.41 Å². The third-order valence-corrected chi connectivity index (χ3v) is 6.79. The maximum atomic E-state index is 11.6. The lowest BCUT2D eigenvalue weighted by atomic mass is 10.2. The van der Waals surface area contributed by atoms with Gasteiger partial charge in [-0.2, -0.15) is 0 Å². The van der Waals surface area contributed by atoms with E-state index >= 15 is 0 Å². The van der Waals surface area contributed by atoms with Crippen molar-refractivity contribution in [2.75, 3.05) is 24.7 Å². The largest absolute Gasteiger partial charge is 0.396 e. The van der Waals surface area contributed by atoms with Crippen LogP contribution in [0.3, 0.4) is 0 Å². The number of carbonyl (C=O) groups is 1. The van der Waals surface area contributed by atoms with E-state index in [0.29, 0.717) is 36.3 Å². The molecule has 1 aromatic rings. The normalized spacial score (nSPS) is 17.9. The maximum absolute atomic E-state index is 11.6. The van der Waals surface area contributed by atoms with Crippen molar-refractivity contribution in [2.45, 2.75) is 45.8 Å². The molecule has 0 radical (unpaired) electrons. The Morgan fingerprint density at radius 3 is 3.00 bits per heavy atom. The van der Waals surface area contributed by atoms with Crippen LogP contribution >= 0.6 is 21.6 Å². The highest BCUT2D eigenvalue weighted by molar-refractivity contribution is 8.78. The Kier molecular flexibility index (Phi) is 8.70. The molecule has 0 unspecified atom stereocenters. The van der Waals surface area contributed by atoms with Crippen LogP contribution in [0.2, 0.25) is 0 Å². The van der Waals surface area contributed by atoms with Crippen LogP contribution in [-0.2, 0) is 16.1 Å². The van der Waals surface area contributed by atoms with Gasteiger partial charge in [-0.15, -0.1) is 0 Å². The number of nitrogens with two attached hydrogens (primary N) is 1. The molecule has 3 N–H and O–H groups in total. The van der Waals surface area contributed by atoms with Crippen LogP contribution < -0.4 is 5.73 Å². The number of nitrogens with zero attached hydrogens (tertiary/aromatic N) is 3. The predicted octanol–water partition coefficient (Wildman–Crippen LogP) is 2.50. The molecule has 26 heavy (non-hydrogen) atoms. The third-order valence-electron chi connectivity index (χ3n) is 4.10. The molecule has 1 aliphatic rings. The summed E-state index contributed by atoms with van der Waals surface area (Å²) in [5, 5.41) is 9.39. The first-order chi connectivity index (χ1) is 12.5. The van der Waals surface area contributed by atoms with E-state index < -0.39 is 0 Å². The van der Waals surface area contributed by atoms with Gasteiger partial charge in [-0.25, -0.2) is 9.97 Å². The van der Waals surface area contributed by atoms with Crippen molar-refractivity contribution in [1.29, 1.82) is 0 Å². The van der Waals surface area contributed by atoms with Gasteiger partial charge in [0, 0.05) is 47.7 Å². The minimum atomic E-state index is 0.0304. The molecular formula is C17H26N4O3S2. The van der Waals surface area contributed by atoms with Gasteiger partial charge in [0.1, 0.15) is 11.6 Å². The molecule has 1 saturated heterocycles. The van der Waals surface area contributed by atoms with Crippen LogP contribution in [0.15, 0.2) is 16.8 Å². The van der Waals surface area contributed by atoms with E-state index in [-0.39, 0.29) is 6.61 Å². The number of aromatic nitrogens is 2. The van der Waals surface area contributed by atoms with Crippen LogP contribution in [0.4, 0.5) is 5.82 Å². The molecule has 1 fully saturated rings. The molecule has 7 nitrogen and oxygen atoms in total. The number of ether oxygens (including phenoxy) is 1. The van der Waals surface area contributed by atoms with E-state index in [4.69, 9.17) is 10.5 Å². The molecule has 0 aliphatic carbocycles. The maximum Gasteiger partial charge on any atom is 0.214 e. The summed E-state index contributed by atoms with van der Waals surface area (Å²) in [4.78, 5) is 22.5. The molecule has 0 saturated carbocycles. The number of nitrogen functional groups attached to an aromatic ring is 1. The van der Waals surface area contributed by atoms with Gasteiger partial charge < -0.3 is 20.5 Å². The van der Waals surface area contributed by atoms with Crippen LogP contribution in [0, 0.1) is 6.92 Å². The van der Waals surface area contributed by atoms with Crippen LogP contribution in [0.25, 0.3) is 0 Å². The van der Waals surface area contributed by atoms with Gasteiger partial charge >= 0.3 is 0 Å². The molecule has 9 heteroatoms. The minimum absolute atomic E-state index is 0.0304. The van der Waals surface area contributed by atoms with Crippen molar-refractivity contribution in [3.05, 3.63) is 28.2 Å². The Morgan fingerprint density at radius 1 is 1.58 bits per heavy atom. The molecular weight excluding hydrogens is 372 g/mol. The summed E-state index contributed by atoms with van der Waals surface area (Å²) >= 11 is 0. The Bertz CT molecular complexity index is 636. The summed E-state index contributed by atoms with van der Waals surface area (Å²) < 4.78 is 5.63. The standard InChI is InChI=1S/C17H26N4O3S2/c1-12(16(5-6-22)26-25-10-15-4-3-7-24-15)21(11-23)9-14-8-19-13(2)20-17(14)18/h8,11,15,22H,3-7,9-10H2,1-2H3,(H2,18,19,20)/b16-12-/t15-/m0/s1. The number of allylic oxidation sites excluding steroid dienone is 1. The highest BCUT2D eigenvalue weighted by Crippen LogP contribution is 2.37. The van der Waals surface area contributed by atoms with E-state index in [0.717, 1.165) is 42.2 Å². The topological polar surface area (TPSA) is 102 Å². The number of anilines is 1. The average Bonchev–Trinajstić information content (AvgIpc) is 3.13. The van der Waals surface area contributed by atoms with Gasteiger partial charge in [-0.05, 0) is 26.7 Å². The molecule has 1 aliphatic heterocycles. The molecule has 1 atom stereocenters. The fourth-order valence-electron chi connectivity index (χ4n) is 2.55. The summed E-state index contributed by atoms with van der Waals surface area (Å²) in [5.74, 6) is 1.87. The van der Waals surface area contributed by atoms with Crippen molar-refractivity contribution in [1.82, 2.24) is 14.9 Å². The fourth-order valence-corrected chi connectivity index (χ4v) is 5.29. The zero-order chi connectivity index (χ0) is 18.9. The number of carbonyl (C=O) groups excluding carboxylic acids is 1. The number of aliphatic hydroxyl groups excluding tert-OH is 1. The number of hydrogen-bond donors (Lipinski definition) is 2. The molecule has 2 heterocycles. The van der Waals surface area contributed by atoms with Crippen molar-refractivity contribution in [3.63, 3.8) is 0 Å². The fraction of sp³-hybridized carbons (Fsp3) is 0.588. The summed E-state index contributed by atoms with van der Waals surface area (Å²) in [6, 6.07) is 0. The lowest BCUT2D eigenvalue weighted by molar-refractivity contribution is -0.116. The predicted molar refractivity (Wildman–Crippen MR) is 106 cm³/mol. The summed E-state index contributed by atoms with van der Waals surface area (Å²) in [6.45, 7) is 4.82. The smallest absolute Gasteiger partial charge is 0.214 e. The zero-order valence-electron chi connectivity index (χ0n) is 15.2.